The van der Waals surface area contributed by atoms with Crippen LogP contribution in [0.5, 0.6) is 0 Å². The first-order valence-electron chi connectivity index (χ1n) is 9.68. The Hall–Kier alpha value is -1.46. The monoisotopic (exact) mass is 343 g/mol. The van der Waals surface area contributed by atoms with Crippen LogP contribution in [0.1, 0.15) is 37.1 Å². The molecule has 4 rings (SSSR count). The zero-order chi connectivity index (χ0) is 17.3. The molecule has 0 unspecified atom stereocenters. The Morgan fingerprint density at radius 2 is 2.12 bits per heavy atom. The average Bonchev–Trinajstić information content (AvgIpc) is 3.22. The molecule has 2 atom stereocenters. The van der Waals surface area contributed by atoms with Gasteiger partial charge in [-0.25, -0.2) is 0 Å². The molecule has 0 radical (unpaired) electrons. The predicted octanol–water partition coefficient (Wildman–Crippen LogP) is 2.24. The number of carbonyl (C=O) groups excluding carboxylic acids is 1. The van der Waals surface area contributed by atoms with E-state index < -0.39 is 0 Å². The topological polar surface area (TPSA) is 45.7 Å². The van der Waals surface area contributed by atoms with Crippen molar-refractivity contribution in [2.24, 2.45) is 11.3 Å². The van der Waals surface area contributed by atoms with Crippen LogP contribution in [-0.4, -0.2) is 60.1 Å². The second-order valence-electron chi connectivity index (χ2n) is 7.98. The highest BCUT2D eigenvalue weighted by molar-refractivity contribution is 5.80. The van der Waals surface area contributed by atoms with Gasteiger partial charge in [-0.15, -0.1) is 0 Å². The molecule has 136 valence electrons. The first-order valence-corrected chi connectivity index (χ1v) is 9.68. The van der Waals surface area contributed by atoms with Crippen molar-refractivity contribution in [2.45, 2.75) is 39.2 Å². The molecule has 2 saturated heterocycles. The Kier molecular flexibility index (Phi) is 4.78. The van der Waals surface area contributed by atoms with Gasteiger partial charge < -0.3 is 9.64 Å². The van der Waals surface area contributed by atoms with Gasteiger partial charge in [-0.05, 0) is 50.3 Å². The molecule has 3 fully saturated rings. The number of pyridine rings is 1. The van der Waals surface area contributed by atoms with Gasteiger partial charge in [0.1, 0.15) is 0 Å². The van der Waals surface area contributed by atoms with Crippen LogP contribution in [-0.2, 0) is 16.1 Å². The van der Waals surface area contributed by atoms with Crippen molar-refractivity contribution in [1.29, 1.82) is 0 Å². The Labute approximate surface area is 150 Å². The molecule has 0 N–H and O–H groups in total. The van der Waals surface area contributed by atoms with Gasteiger partial charge in [0.05, 0.1) is 18.9 Å². The molecule has 0 aromatic carbocycles. The standard InChI is InChI=1S/C20H29N3O2/c1-16-4-2-5-17(21-16)14-22-9-8-20(15-22)7-3-6-18(20)19(24)23-10-12-25-13-11-23/h2,4-5,18H,3,6-15H2,1H3/t18-,20+/m0/s1. The van der Waals surface area contributed by atoms with E-state index in [1.165, 1.54) is 12.8 Å². The quantitative estimate of drug-likeness (QED) is 0.844. The minimum Gasteiger partial charge on any atom is -0.378 e. The van der Waals surface area contributed by atoms with E-state index in [4.69, 9.17) is 4.74 Å². The number of likely N-dealkylation sites (tertiary alicyclic amines) is 1. The molecule has 1 amide bonds. The smallest absolute Gasteiger partial charge is 0.226 e. The van der Waals surface area contributed by atoms with Gasteiger partial charge in [-0.1, -0.05) is 12.5 Å². The second-order valence-corrected chi connectivity index (χ2v) is 7.98. The van der Waals surface area contributed by atoms with E-state index in [1.54, 1.807) is 0 Å². The summed E-state index contributed by atoms with van der Waals surface area (Å²) < 4.78 is 5.41. The lowest BCUT2D eigenvalue weighted by molar-refractivity contribution is -0.143. The largest absolute Gasteiger partial charge is 0.378 e. The van der Waals surface area contributed by atoms with E-state index >= 15 is 0 Å². The summed E-state index contributed by atoms with van der Waals surface area (Å²) in [6, 6.07) is 6.25. The number of hydrogen-bond donors (Lipinski definition) is 0. The SMILES string of the molecule is Cc1cccc(CN2CC[C@]3(CCC[C@H]3C(=O)N3CCOCC3)C2)n1. The minimum atomic E-state index is 0.194. The number of carbonyl (C=O) groups is 1. The number of morpholine rings is 1. The molecule has 1 aromatic heterocycles. The Morgan fingerprint density at radius 1 is 1.28 bits per heavy atom. The van der Waals surface area contributed by atoms with Gasteiger partial charge in [0.15, 0.2) is 0 Å². The van der Waals surface area contributed by atoms with Gasteiger partial charge in [-0.3, -0.25) is 14.7 Å². The summed E-state index contributed by atoms with van der Waals surface area (Å²) in [6.45, 7) is 7.99. The Bertz CT molecular complexity index is 629. The van der Waals surface area contributed by atoms with Crippen LogP contribution < -0.4 is 0 Å². The number of aryl methyl sites for hydroxylation is 1. The van der Waals surface area contributed by atoms with Crippen molar-refractivity contribution < 1.29 is 9.53 Å². The lowest BCUT2D eigenvalue weighted by Gasteiger charge is -2.36. The normalized spacial score (nSPS) is 30.3. The van der Waals surface area contributed by atoms with Gasteiger partial charge >= 0.3 is 0 Å². The van der Waals surface area contributed by atoms with Crippen LogP contribution in [0.2, 0.25) is 0 Å². The van der Waals surface area contributed by atoms with Crippen molar-refractivity contribution in [2.75, 3.05) is 39.4 Å². The van der Waals surface area contributed by atoms with Crippen molar-refractivity contribution in [1.82, 2.24) is 14.8 Å². The van der Waals surface area contributed by atoms with Crippen molar-refractivity contribution >= 4 is 5.91 Å². The molecule has 0 bridgehead atoms. The molecule has 3 aliphatic rings. The van der Waals surface area contributed by atoms with Crippen molar-refractivity contribution in [3.63, 3.8) is 0 Å². The van der Waals surface area contributed by atoms with E-state index in [1.807, 2.05) is 17.9 Å². The van der Waals surface area contributed by atoms with Crippen LogP contribution in [0.25, 0.3) is 0 Å². The first-order chi connectivity index (χ1) is 12.2. The Balaban J connectivity index is 1.43. The van der Waals surface area contributed by atoms with Crippen LogP contribution >= 0.6 is 0 Å². The maximum atomic E-state index is 13.1. The lowest BCUT2D eigenvalue weighted by atomic mass is 9.76. The van der Waals surface area contributed by atoms with Crippen LogP contribution in [0.3, 0.4) is 0 Å². The molecule has 1 spiro atoms. The molecule has 1 aromatic rings. The van der Waals surface area contributed by atoms with E-state index in [-0.39, 0.29) is 11.3 Å². The third-order valence-electron chi connectivity index (χ3n) is 6.32. The highest BCUT2D eigenvalue weighted by Crippen LogP contribution is 2.50. The van der Waals surface area contributed by atoms with Crippen molar-refractivity contribution in [3.05, 3.63) is 29.6 Å². The molecule has 5 heteroatoms. The predicted molar refractivity (Wildman–Crippen MR) is 96.0 cm³/mol. The minimum absolute atomic E-state index is 0.194. The fourth-order valence-electron chi connectivity index (χ4n) is 5.05. The van der Waals surface area contributed by atoms with Gasteiger partial charge in [-0.2, -0.15) is 0 Å². The molecule has 5 nitrogen and oxygen atoms in total. The zero-order valence-corrected chi connectivity index (χ0v) is 15.2. The van der Waals surface area contributed by atoms with Gasteiger partial charge in [0.25, 0.3) is 0 Å². The molecule has 25 heavy (non-hydrogen) atoms. The number of amides is 1. The molecular weight excluding hydrogens is 314 g/mol. The fraction of sp³-hybridized carbons (Fsp3) is 0.700. The number of aromatic nitrogens is 1. The third kappa shape index (κ3) is 3.44. The van der Waals surface area contributed by atoms with Crippen LogP contribution in [0.4, 0.5) is 0 Å². The summed E-state index contributed by atoms with van der Waals surface area (Å²) in [5.74, 6) is 0.595. The number of ether oxygens (including phenoxy) is 1. The number of nitrogens with zero attached hydrogens (tertiary/aromatic N) is 3. The molecule has 2 aliphatic heterocycles. The van der Waals surface area contributed by atoms with Crippen LogP contribution in [0.15, 0.2) is 18.2 Å². The second kappa shape index (κ2) is 7.04. The summed E-state index contributed by atoms with van der Waals surface area (Å²) in [5, 5.41) is 0. The first kappa shape index (κ1) is 17.0. The highest BCUT2D eigenvalue weighted by Gasteiger charge is 2.51. The van der Waals surface area contributed by atoms with Gasteiger partial charge in [0, 0.05) is 37.8 Å². The van der Waals surface area contributed by atoms with E-state index in [2.05, 4.69) is 22.0 Å². The third-order valence-corrected chi connectivity index (χ3v) is 6.32. The van der Waals surface area contributed by atoms with E-state index in [0.717, 1.165) is 57.0 Å². The maximum absolute atomic E-state index is 13.1. The highest BCUT2D eigenvalue weighted by atomic mass is 16.5. The van der Waals surface area contributed by atoms with E-state index in [0.29, 0.717) is 19.1 Å². The van der Waals surface area contributed by atoms with Crippen LogP contribution in [0, 0.1) is 18.3 Å². The maximum Gasteiger partial charge on any atom is 0.226 e. The fourth-order valence-corrected chi connectivity index (χ4v) is 5.05. The molecule has 3 heterocycles. The Morgan fingerprint density at radius 3 is 2.92 bits per heavy atom. The summed E-state index contributed by atoms with van der Waals surface area (Å²) in [7, 11) is 0. The summed E-state index contributed by atoms with van der Waals surface area (Å²) in [5.41, 5.74) is 2.41. The van der Waals surface area contributed by atoms with E-state index in [9.17, 15) is 4.79 Å². The number of hydrogen-bond acceptors (Lipinski definition) is 4. The summed E-state index contributed by atoms with van der Waals surface area (Å²) in [4.78, 5) is 22.3. The lowest BCUT2D eigenvalue weighted by Crippen LogP contribution is -2.47. The molecule has 1 saturated carbocycles. The summed E-state index contributed by atoms with van der Waals surface area (Å²) in [6.07, 6.45) is 4.61. The number of rotatable bonds is 3. The van der Waals surface area contributed by atoms with Crippen molar-refractivity contribution in [3.8, 4) is 0 Å². The zero-order valence-electron chi connectivity index (χ0n) is 15.2. The molecule has 1 aliphatic carbocycles. The van der Waals surface area contributed by atoms with Gasteiger partial charge in [0.2, 0.25) is 5.91 Å². The average molecular weight is 343 g/mol. The molecular formula is C20H29N3O2. The summed E-state index contributed by atoms with van der Waals surface area (Å²) >= 11 is 0.